The van der Waals surface area contributed by atoms with E-state index >= 15 is 0 Å². The first-order valence-electron chi connectivity index (χ1n) is 4.24. The second-order valence-electron chi connectivity index (χ2n) is 3.18. The molecule has 2 nitrogen and oxygen atoms in total. The molecule has 0 atom stereocenters. The highest BCUT2D eigenvalue weighted by molar-refractivity contribution is 7.71. The van der Waals surface area contributed by atoms with Crippen LogP contribution in [0, 0.1) is 4.71 Å². The molecule has 0 fully saturated rings. The summed E-state index contributed by atoms with van der Waals surface area (Å²) < 4.78 is 5.74. The quantitative estimate of drug-likeness (QED) is 0.623. The first-order chi connectivity index (χ1) is 6.36. The van der Waals surface area contributed by atoms with Crippen LogP contribution < -0.4 is 0 Å². The molecule has 3 rings (SSSR count). The van der Waals surface area contributed by atoms with E-state index in [1.807, 2.05) is 0 Å². The predicted molar refractivity (Wildman–Crippen MR) is 54.7 cm³/mol. The molecule has 0 spiro atoms. The molecule has 2 aromatic rings. The van der Waals surface area contributed by atoms with Gasteiger partial charge in [0.05, 0.1) is 5.39 Å². The normalized spacial score (nSPS) is 15.1. The van der Waals surface area contributed by atoms with Gasteiger partial charge in [-0.1, -0.05) is 0 Å². The van der Waals surface area contributed by atoms with Crippen LogP contribution in [-0.4, -0.2) is 4.98 Å². The van der Waals surface area contributed by atoms with Crippen molar-refractivity contribution < 1.29 is 4.42 Å². The Labute approximate surface area is 84.2 Å². The molecule has 0 bridgehead atoms. The molecular weight excluding hydrogens is 202 g/mol. The first kappa shape index (κ1) is 7.64. The zero-order valence-electron chi connectivity index (χ0n) is 6.87. The Morgan fingerprint density at radius 3 is 3.31 bits per heavy atom. The molecule has 4 heteroatoms. The molecule has 0 saturated heterocycles. The van der Waals surface area contributed by atoms with E-state index in [2.05, 4.69) is 4.98 Å². The van der Waals surface area contributed by atoms with Gasteiger partial charge in [0.1, 0.15) is 4.83 Å². The number of aryl methyl sites for hydroxylation is 2. The van der Waals surface area contributed by atoms with E-state index in [1.165, 1.54) is 29.7 Å². The van der Waals surface area contributed by atoms with Crippen LogP contribution in [0.15, 0.2) is 10.8 Å². The highest BCUT2D eigenvalue weighted by atomic mass is 32.1. The zero-order chi connectivity index (χ0) is 8.84. The van der Waals surface area contributed by atoms with E-state index < -0.39 is 0 Å². The van der Waals surface area contributed by atoms with Gasteiger partial charge in [-0.2, -0.15) is 0 Å². The summed E-state index contributed by atoms with van der Waals surface area (Å²) in [6.07, 6.45) is 5.02. The van der Waals surface area contributed by atoms with Crippen LogP contribution in [0.2, 0.25) is 0 Å². The summed E-state index contributed by atoms with van der Waals surface area (Å²) in [4.78, 5) is 6.69. The smallest absolute Gasteiger partial charge is 0.202 e. The maximum atomic E-state index is 5.15. The third kappa shape index (κ3) is 0.988. The van der Waals surface area contributed by atoms with Crippen LogP contribution in [0.3, 0.4) is 0 Å². The van der Waals surface area contributed by atoms with Gasteiger partial charge in [-0.25, -0.2) is 4.98 Å². The number of nitrogens with zero attached hydrogens (tertiary/aromatic N) is 1. The minimum absolute atomic E-state index is 0.601. The molecular formula is C9H7NOS2. The van der Waals surface area contributed by atoms with E-state index in [-0.39, 0.29) is 0 Å². The summed E-state index contributed by atoms with van der Waals surface area (Å²) in [6.45, 7) is 0. The van der Waals surface area contributed by atoms with Crippen molar-refractivity contribution >= 4 is 33.8 Å². The average molecular weight is 209 g/mol. The molecule has 0 N–H and O–H groups in total. The lowest BCUT2D eigenvalue weighted by atomic mass is 10.2. The van der Waals surface area contributed by atoms with E-state index in [0.717, 1.165) is 16.6 Å². The van der Waals surface area contributed by atoms with Gasteiger partial charge in [-0.3, -0.25) is 0 Å². The standard InChI is InChI=1S/C9H7NOS2/c12-9-7-5-2-1-3-6(5)13-8(7)10-4-11-9/h4H,1-3H2. The van der Waals surface area contributed by atoms with Crippen molar-refractivity contribution in [2.45, 2.75) is 19.3 Å². The van der Waals surface area contributed by atoms with Crippen LogP contribution in [0.4, 0.5) is 0 Å². The Balaban J connectivity index is 2.53. The third-order valence-electron chi connectivity index (χ3n) is 2.44. The minimum atomic E-state index is 0.601. The van der Waals surface area contributed by atoms with Gasteiger partial charge < -0.3 is 4.42 Å². The van der Waals surface area contributed by atoms with Crippen LogP contribution in [0.1, 0.15) is 16.9 Å². The fraction of sp³-hybridized carbons (Fsp3) is 0.333. The average Bonchev–Trinajstić information content (AvgIpc) is 2.62. The van der Waals surface area contributed by atoms with Crippen molar-refractivity contribution in [1.82, 2.24) is 4.98 Å². The van der Waals surface area contributed by atoms with Crippen molar-refractivity contribution in [2.24, 2.45) is 0 Å². The lowest BCUT2D eigenvalue weighted by molar-refractivity contribution is 0.523. The van der Waals surface area contributed by atoms with Crippen molar-refractivity contribution in [2.75, 3.05) is 0 Å². The van der Waals surface area contributed by atoms with E-state index in [4.69, 9.17) is 16.6 Å². The van der Waals surface area contributed by atoms with Crippen LogP contribution >= 0.6 is 23.6 Å². The molecule has 2 aromatic heterocycles. The topological polar surface area (TPSA) is 26.0 Å². The highest BCUT2D eigenvalue weighted by Gasteiger charge is 2.19. The third-order valence-corrected chi connectivity index (χ3v) is 3.94. The second-order valence-corrected chi connectivity index (χ2v) is 4.63. The van der Waals surface area contributed by atoms with Gasteiger partial charge in [0.15, 0.2) is 6.39 Å². The van der Waals surface area contributed by atoms with Crippen LogP contribution in [0.25, 0.3) is 10.2 Å². The van der Waals surface area contributed by atoms with E-state index in [9.17, 15) is 0 Å². The van der Waals surface area contributed by atoms with Crippen molar-refractivity contribution in [3.05, 3.63) is 21.5 Å². The molecule has 0 unspecified atom stereocenters. The monoisotopic (exact) mass is 209 g/mol. The van der Waals surface area contributed by atoms with Crippen molar-refractivity contribution in [3.63, 3.8) is 0 Å². The maximum absolute atomic E-state index is 5.15. The molecule has 66 valence electrons. The van der Waals surface area contributed by atoms with Gasteiger partial charge in [0.25, 0.3) is 0 Å². The SMILES string of the molecule is S=c1ocnc2sc3c(c12)CCC3. The summed E-state index contributed by atoms with van der Waals surface area (Å²) >= 11 is 6.91. The van der Waals surface area contributed by atoms with E-state index in [0.29, 0.717) is 4.71 Å². The Bertz CT molecular complexity index is 526. The van der Waals surface area contributed by atoms with Gasteiger partial charge in [-0.05, 0) is 37.0 Å². The molecule has 13 heavy (non-hydrogen) atoms. The van der Waals surface area contributed by atoms with E-state index in [1.54, 1.807) is 11.3 Å². The Morgan fingerprint density at radius 1 is 1.46 bits per heavy atom. The lowest BCUT2D eigenvalue weighted by Crippen LogP contribution is -1.78. The van der Waals surface area contributed by atoms with Gasteiger partial charge in [0.2, 0.25) is 4.71 Å². The summed E-state index contributed by atoms with van der Waals surface area (Å²) in [5.74, 6) is 0. The fourth-order valence-corrected chi connectivity index (χ4v) is 3.42. The molecule has 1 aliphatic rings. The number of hydrogen-bond acceptors (Lipinski definition) is 4. The second kappa shape index (κ2) is 2.62. The number of fused-ring (bicyclic) bond motifs is 3. The van der Waals surface area contributed by atoms with Crippen LogP contribution in [0.5, 0.6) is 0 Å². The number of thiophene rings is 1. The van der Waals surface area contributed by atoms with Crippen molar-refractivity contribution in [3.8, 4) is 0 Å². The molecule has 0 aromatic carbocycles. The molecule has 1 aliphatic carbocycles. The van der Waals surface area contributed by atoms with Gasteiger partial charge >= 0.3 is 0 Å². The van der Waals surface area contributed by atoms with Gasteiger partial charge in [-0.15, -0.1) is 11.3 Å². The predicted octanol–water partition coefficient (Wildman–Crippen LogP) is 3.11. The fourth-order valence-electron chi connectivity index (χ4n) is 1.87. The first-order valence-corrected chi connectivity index (χ1v) is 5.47. The molecule has 0 aliphatic heterocycles. The minimum Gasteiger partial charge on any atom is -0.433 e. The summed E-state index contributed by atoms with van der Waals surface area (Å²) in [6, 6.07) is 0. The number of hydrogen-bond donors (Lipinski definition) is 0. The molecule has 0 amide bonds. The summed E-state index contributed by atoms with van der Waals surface area (Å²) in [7, 11) is 0. The molecule has 2 heterocycles. The van der Waals surface area contributed by atoms with Crippen LogP contribution in [-0.2, 0) is 12.8 Å². The number of rotatable bonds is 0. The highest BCUT2D eigenvalue weighted by Crippen LogP contribution is 2.36. The Kier molecular flexibility index (Phi) is 1.54. The Morgan fingerprint density at radius 2 is 2.38 bits per heavy atom. The number of aromatic nitrogens is 1. The zero-order valence-corrected chi connectivity index (χ0v) is 8.50. The molecule has 0 saturated carbocycles. The maximum Gasteiger partial charge on any atom is 0.202 e. The Hall–Kier alpha value is -0.740. The lowest BCUT2D eigenvalue weighted by Gasteiger charge is -1.90. The molecule has 0 radical (unpaired) electrons. The largest absolute Gasteiger partial charge is 0.433 e. The summed E-state index contributed by atoms with van der Waals surface area (Å²) in [5.41, 5.74) is 1.39. The van der Waals surface area contributed by atoms with Gasteiger partial charge in [0, 0.05) is 4.88 Å². The summed E-state index contributed by atoms with van der Waals surface area (Å²) in [5, 5.41) is 1.09. The van der Waals surface area contributed by atoms with Crippen molar-refractivity contribution in [1.29, 1.82) is 0 Å².